The number of aromatic amines is 1. The average molecular weight is 227 g/mol. The Hall–Kier alpha value is -1.76. The van der Waals surface area contributed by atoms with Crippen LogP contribution in [0.1, 0.15) is 27.2 Å². The fourth-order valence-corrected chi connectivity index (χ4v) is 1.65. The molecule has 0 amide bonds. The smallest absolute Gasteiger partial charge is 0.0464 e. The molecule has 2 rings (SSSR count). The summed E-state index contributed by atoms with van der Waals surface area (Å²) in [7, 11) is 0. The molecule has 2 aromatic rings. The highest BCUT2D eigenvalue weighted by Crippen LogP contribution is 2.03. The fraction of sp³-hybridized carbons (Fsp3) is 0.250. The number of H-pyrrole nitrogens is 1. The molecule has 0 fully saturated rings. The van der Waals surface area contributed by atoms with E-state index in [1.165, 1.54) is 5.39 Å². The van der Waals surface area contributed by atoms with Crippen LogP contribution in [0.2, 0.25) is 0 Å². The van der Waals surface area contributed by atoms with Gasteiger partial charge in [0.15, 0.2) is 0 Å². The molecule has 0 aliphatic carbocycles. The molecular formula is C16H21N. The van der Waals surface area contributed by atoms with Gasteiger partial charge in [0.1, 0.15) is 0 Å². The number of rotatable bonds is 2. The van der Waals surface area contributed by atoms with E-state index in [4.69, 9.17) is 0 Å². The Bertz CT molecular complexity index is 602. The van der Waals surface area contributed by atoms with Crippen molar-refractivity contribution >= 4 is 23.6 Å². The van der Waals surface area contributed by atoms with Crippen LogP contribution in [0.15, 0.2) is 36.4 Å². The Morgan fingerprint density at radius 3 is 2.53 bits per heavy atom. The molecule has 1 nitrogen and oxygen atoms in total. The molecule has 0 bridgehead atoms. The Kier molecular flexibility index (Phi) is 4.77. The topological polar surface area (TPSA) is 15.8 Å². The predicted molar refractivity (Wildman–Crippen MR) is 78.3 cm³/mol. The van der Waals surface area contributed by atoms with Gasteiger partial charge < -0.3 is 4.98 Å². The molecule has 1 heteroatoms. The number of benzene rings is 1. The lowest BCUT2D eigenvalue weighted by Crippen LogP contribution is -2.20. The van der Waals surface area contributed by atoms with Crippen LogP contribution in [0, 0.1) is 0 Å². The summed E-state index contributed by atoms with van der Waals surface area (Å²) in [5, 5.41) is 3.32. The van der Waals surface area contributed by atoms with E-state index in [0.717, 1.165) is 28.1 Å². The van der Waals surface area contributed by atoms with Crippen LogP contribution in [0.5, 0.6) is 0 Å². The van der Waals surface area contributed by atoms with E-state index in [1.54, 1.807) is 0 Å². The number of allylic oxidation sites excluding steroid dienone is 1. The molecule has 0 spiro atoms. The van der Waals surface area contributed by atoms with Crippen molar-refractivity contribution in [1.82, 2.24) is 4.98 Å². The monoisotopic (exact) mass is 227 g/mol. The largest absolute Gasteiger partial charge is 0.355 e. The highest BCUT2D eigenvalue weighted by molar-refractivity contribution is 5.80. The zero-order chi connectivity index (χ0) is 12.8. The number of fused-ring (bicyclic) bond motifs is 1. The Morgan fingerprint density at radius 1 is 1.29 bits per heavy atom. The lowest BCUT2D eigenvalue weighted by atomic mass is 10.2. The molecule has 1 aromatic heterocycles. The second-order valence-electron chi connectivity index (χ2n) is 3.72. The zero-order valence-corrected chi connectivity index (χ0v) is 11.0. The van der Waals surface area contributed by atoms with Crippen molar-refractivity contribution in [3.8, 4) is 0 Å². The number of hydrogen-bond acceptors (Lipinski definition) is 0. The molecule has 0 unspecified atom stereocenters. The van der Waals surface area contributed by atoms with Crippen molar-refractivity contribution in [3.05, 3.63) is 47.0 Å². The summed E-state index contributed by atoms with van der Waals surface area (Å²) < 4.78 is 0. The van der Waals surface area contributed by atoms with E-state index in [-0.39, 0.29) is 0 Å². The summed E-state index contributed by atoms with van der Waals surface area (Å²) in [6, 6.07) is 8.20. The number of hydrogen-bond donors (Lipinski definition) is 1. The van der Waals surface area contributed by atoms with Crippen LogP contribution < -0.4 is 10.6 Å². The lowest BCUT2D eigenvalue weighted by Gasteiger charge is -1.88. The maximum Gasteiger partial charge on any atom is 0.0464 e. The van der Waals surface area contributed by atoms with Gasteiger partial charge in [-0.3, -0.25) is 0 Å². The second-order valence-corrected chi connectivity index (χ2v) is 3.72. The van der Waals surface area contributed by atoms with Crippen LogP contribution in [-0.4, -0.2) is 4.98 Å². The molecule has 1 N–H and O–H groups in total. The fourth-order valence-electron chi connectivity index (χ4n) is 1.65. The maximum absolute atomic E-state index is 4.09. The highest BCUT2D eigenvalue weighted by Gasteiger charge is 1.96. The van der Waals surface area contributed by atoms with Gasteiger partial charge in [0.05, 0.1) is 0 Å². The van der Waals surface area contributed by atoms with Crippen LogP contribution >= 0.6 is 0 Å². The second kappa shape index (κ2) is 6.09. The first-order valence-electron chi connectivity index (χ1n) is 6.17. The van der Waals surface area contributed by atoms with E-state index in [0.29, 0.717) is 0 Å². The number of para-hydroxylation sites is 1. The highest BCUT2D eigenvalue weighted by atomic mass is 14.7. The molecule has 0 aliphatic rings. The van der Waals surface area contributed by atoms with Gasteiger partial charge in [-0.1, -0.05) is 57.7 Å². The van der Waals surface area contributed by atoms with Gasteiger partial charge in [0.2, 0.25) is 0 Å². The van der Waals surface area contributed by atoms with Gasteiger partial charge in [-0.05, 0) is 18.6 Å². The number of nitrogens with one attached hydrogen (secondary N) is 1. The molecule has 0 aliphatic heterocycles. The number of aromatic nitrogens is 1. The van der Waals surface area contributed by atoms with Crippen molar-refractivity contribution in [3.63, 3.8) is 0 Å². The first kappa shape index (κ1) is 13.3. The van der Waals surface area contributed by atoms with Gasteiger partial charge in [-0.15, -0.1) is 0 Å². The van der Waals surface area contributed by atoms with Crippen molar-refractivity contribution in [1.29, 1.82) is 0 Å². The van der Waals surface area contributed by atoms with Crippen LogP contribution in [-0.2, 0) is 0 Å². The summed E-state index contributed by atoms with van der Waals surface area (Å²) in [6.07, 6.45) is 3.04. The predicted octanol–water partition coefficient (Wildman–Crippen LogP) is 3.35. The Labute approximate surface area is 103 Å². The maximum atomic E-state index is 4.09. The molecule has 0 saturated heterocycles. The molecule has 0 radical (unpaired) electrons. The van der Waals surface area contributed by atoms with Crippen molar-refractivity contribution in [2.75, 3.05) is 0 Å². The van der Waals surface area contributed by atoms with Crippen molar-refractivity contribution in [2.24, 2.45) is 0 Å². The summed E-state index contributed by atoms with van der Waals surface area (Å²) >= 11 is 0. The Balaban J connectivity index is 0.000000686. The normalized spacial score (nSPS) is 11.1. The first-order valence-corrected chi connectivity index (χ1v) is 6.17. The van der Waals surface area contributed by atoms with Crippen LogP contribution in [0.4, 0.5) is 0 Å². The van der Waals surface area contributed by atoms with Crippen molar-refractivity contribution in [2.45, 2.75) is 27.2 Å². The standard InChI is InChI=1S/C14H15N.C2H6/c1-4-10(2)9-14-11(3)12-7-5-6-8-13(12)15-14;1-2/h5-9,15H,2-4H2,1H3;1-2H3/b14-9+;. The summed E-state index contributed by atoms with van der Waals surface area (Å²) in [5.74, 6) is 0. The Morgan fingerprint density at radius 2 is 1.94 bits per heavy atom. The van der Waals surface area contributed by atoms with E-state index in [9.17, 15) is 0 Å². The van der Waals surface area contributed by atoms with Gasteiger partial charge in [0.25, 0.3) is 0 Å². The van der Waals surface area contributed by atoms with Crippen molar-refractivity contribution < 1.29 is 0 Å². The summed E-state index contributed by atoms with van der Waals surface area (Å²) in [5.41, 5.74) is 2.25. The molecule has 0 atom stereocenters. The molecule has 90 valence electrons. The third-order valence-corrected chi connectivity index (χ3v) is 2.65. The minimum Gasteiger partial charge on any atom is -0.355 e. The van der Waals surface area contributed by atoms with Crippen LogP contribution in [0.3, 0.4) is 0 Å². The SMILES string of the molecule is C=C(/C=c1/[nH]c2ccccc2c1=C)CC.CC. The molecule has 1 aromatic carbocycles. The van der Waals surface area contributed by atoms with Gasteiger partial charge >= 0.3 is 0 Å². The molecular weight excluding hydrogens is 206 g/mol. The van der Waals surface area contributed by atoms with E-state index in [1.807, 2.05) is 26.0 Å². The van der Waals surface area contributed by atoms with Gasteiger partial charge in [-0.25, -0.2) is 0 Å². The molecule has 1 heterocycles. The van der Waals surface area contributed by atoms with E-state index in [2.05, 4.69) is 43.3 Å². The van der Waals surface area contributed by atoms with E-state index < -0.39 is 0 Å². The third kappa shape index (κ3) is 2.88. The molecule has 0 saturated carbocycles. The lowest BCUT2D eigenvalue weighted by molar-refractivity contribution is 1.17. The third-order valence-electron chi connectivity index (χ3n) is 2.65. The minimum atomic E-state index is 0.967. The average Bonchev–Trinajstić information content (AvgIpc) is 2.69. The summed E-state index contributed by atoms with van der Waals surface area (Å²) in [4.78, 5) is 3.35. The quantitative estimate of drug-likeness (QED) is 0.810. The van der Waals surface area contributed by atoms with Crippen LogP contribution in [0.25, 0.3) is 23.6 Å². The molecule has 17 heavy (non-hydrogen) atoms. The summed E-state index contributed by atoms with van der Waals surface area (Å²) in [6.45, 7) is 14.2. The van der Waals surface area contributed by atoms with Gasteiger partial charge in [-0.2, -0.15) is 0 Å². The first-order chi connectivity index (χ1) is 8.22. The van der Waals surface area contributed by atoms with Gasteiger partial charge in [0, 0.05) is 21.5 Å². The zero-order valence-electron chi connectivity index (χ0n) is 11.0. The van der Waals surface area contributed by atoms with E-state index >= 15 is 0 Å². The minimum absolute atomic E-state index is 0.967.